The monoisotopic (exact) mass is 220 g/mol. The molecule has 86 valence electrons. The number of amides is 1. The average molecular weight is 220 g/mol. The molecule has 1 saturated heterocycles. The van der Waals surface area contributed by atoms with Gasteiger partial charge in [0.1, 0.15) is 5.75 Å². The van der Waals surface area contributed by atoms with E-state index < -0.39 is 0 Å². The maximum absolute atomic E-state index is 11.9. The number of carbonyl (C=O) groups is 1. The summed E-state index contributed by atoms with van der Waals surface area (Å²) in [4.78, 5) is 13.8. The van der Waals surface area contributed by atoms with Crippen molar-refractivity contribution < 1.29 is 9.53 Å². The van der Waals surface area contributed by atoms with Crippen molar-refractivity contribution in [2.45, 2.75) is 0 Å². The number of carbonyl (C=O) groups excluding carboxylic acids is 1. The highest BCUT2D eigenvalue weighted by atomic mass is 16.5. The first-order valence-electron chi connectivity index (χ1n) is 5.38. The third-order valence-corrected chi connectivity index (χ3v) is 2.91. The highest BCUT2D eigenvalue weighted by Crippen LogP contribution is 2.19. The molecule has 1 aliphatic rings. The molecule has 16 heavy (non-hydrogen) atoms. The van der Waals surface area contributed by atoms with Crippen LogP contribution in [-0.2, 0) is 0 Å². The molecule has 1 heterocycles. The number of rotatable bonds is 3. The van der Waals surface area contributed by atoms with Crippen LogP contribution in [0.1, 0.15) is 10.4 Å². The SMILES string of the molecule is COc1ccc(C(=O)N2CC(CN)C2)cc1. The van der Waals surface area contributed by atoms with Crippen LogP contribution >= 0.6 is 0 Å². The van der Waals surface area contributed by atoms with E-state index in [1.165, 1.54) is 0 Å². The van der Waals surface area contributed by atoms with Gasteiger partial charge in [-0.15, -0.1) is 0 Å². The molecule has 0 aromatic heterocycles. The zero-order valence-electron chi connectivity index (χ0n) is 9.35. The minimum Gasteiger partial charge on any atom is -0.497 e. The van der Waals surface area contributed by atoms with Gasteiger partial charge in [0, 0.05) is 24.6 Å². The molecule has 4 heteroatoms. The summed E-state index contributed by atoms with van der Waals surface area (Å²) in [5.74, 6) is 1.31. The summed E-state index contributed by atoms with van der Waals surface area (Å²) in [5, 5.41) is 0. The van der Waals surface area contributed by atoms with Crippen molar-refractivity contribution in [3.63, 3.8) is 0 Å². The Morgan fingerprint density at radius 2 is 2.06 bits per heavy atom. The van der Waals surface area contributed by atoms with Gasteiger partial charge in [-0.25, -0.2) is 0 Å². The van der Waals surface area contributed by atoms with Crippen LogP contribution in [0, 0.1) is 5.92 Å². The van der Waals surface area contributed by atoms with Crippen LogP contribution in [0.4, 0.5) is 0 Å². The van der Waals surface area contributed by atoms with Crippen LogP contribution < -0.4 is 10.5 Å². The second kappa shape index (κ2) is 4.53. The first kappa shape index (κ1) is 11.0. The molecule has 0 radical (unpaired) electrons. The zero-order valence-corrected chi connectivity index (χ0v) is 9.35. The van der Waals surface area contributed by atoms with Gasteiger partial charge in [0.05, 0.1) is 7.11 Å². The number of nitrogens with zero attached hydrogens (tertiary/aromatic N) is 1. The highest BCUT2D eigenvalue weighted by molar-refractivity contribution is 5.94. The predicted octanol–water partition coefficient (Wildman–Crippen LogP) is 0.726. The van der Waals surface area contributed by atoms with Crippen LogP contribution in [0.3, 0.4) is 0 Å². The molecule has 4 nitrogen and oxygen atoms in total. The lowest BCUT2D eigenvalue weighted by Crippen LogP contribution is -2.52. The molecule has 2 N–H and O–H groups in total. The second-order valence-corrected chi connectivity index (χ2v) is 4.04. The quantitative estimate of drug-likeness (QED) is 0.816. The van der Waals surface area contributed by atoms with Gasteiger partial charge in [0.2, 0.25) is 0 Å². The minimum absolute atomic E-state index is 0.0763. The lowest BCUT2D eigenvalue weighted by molar-refractivity contribution is 0.0515. The first-order valence-corrected chi connectivity index (χ1v) is 5.38. The van der Waals surface area contributed by atoms with Gasteiger partial charge in [-0.3, -0.25) is 4.79 Å². The fraction of sp³-hybridized carbons (Fsp3) is 0.417. The van der Waals surface area contributed by atoms with Gasteiger partial charge in [0.25, 0.3) is 5.91 Å². The molecule has 1 aromatic rings. The van der Waals surface area contributed by atoms with Crippen molar-refractivity contribution in [3.8, 4) is 5.75 Å². The molecule has 0 saturated carbocycles. The Morgan fingerprint density at radius 1 is 1.44 bits per heavy atom. The van der Waals surface area contributed by atoms with Crippen LogP contribution in [0.15, 0.2) is 24.3 Å². The molecule has 1 fully saturated rings. The molecule has 1 aromatic carbocycles. The summed E-state index contributed by atoms with van der Waals surface area (Å²) >= 11 is 0. The van der Waals surface area contributed by atoms with Crippen molar-refractivity contribution in [1.82, 2.24) is 4.90 Å². The Kier molecular flexibility index (Phi) is 3.10. The third kappa shape index (κ3) is 2.02. The van der Waals surface area contributed by atoms with Crippen molar-refractivity contribution in [1.29, 1.82) is 0 Å². The zero-order chi connectivity index (χ0) is 11.5. The van der Waals surface area contributed by atoms with Crippen LogP contribution in [-0.4, -0.2) is 37.6 Å². The molecule has 2 rings (SSSR count). The summed E-state index contributed by atoms with van der Waals surface area (Å²) in [5.41, 5.74) is 6.22. The van der Waals surface area contributed by atoms with Crippen molar-refractivity contribution in [2.75, 3.05) is 26.7 Å². The molecule has 0 bridgehead atoms. The lowest BCUT2D eigenvalue weighted by atomic mass is 9.99. The Bertz CT molecular complexity index is 369. The van der Waals surface area contributed by atoms with E-state index >= 15 is 0 Å². The average Bonchev–Trinajstić information content (AvgIpc) is 2.27. The van der Waals surface area contributed by atoms with Crippen molar-refractivity contribution in [3.05, 3.63) is 29.8 Å². The number of methoxy groups -OCH3 is 1. The number of likely N-dealkylation sites (tertiary alicyclic amines) is 1. The van der Waals surface area contributed by atoms with Gasteiger partial charge >= 0.3 is 0 Å². The number of nitrogens with two attached hydrogens (primary N) is 1. The predicted molar refractivity (Wildman–Crippen MR) is 61.4 cm³/mol. The maximum atomic E-state index is 11.9. The Labute approximate surface area is 95.0 Å². The largest absolute Gasteiger partial charge is 0.497 e. The number of hydrogen-bond acceptors (Lipinski definition) is 3. The second-order valence-electron chi connectivity index (χ2n) is 4.04. The minimum atomic E-state index is 0.0763. The normalized spacial score (nSPS) is 15.8. The Hall–Kier alpha value is -1.55. The fourth-order valence-electron chi connectivity index (χ4n) is 1.80. The summed E-state index contributed by atoms with van der Waals surface area (Å²) in [7, 11) is 1.61. The van der Waals surface area contributed by atoms with Gasteiger partial charge in [-0.05, 0) is 30.8 Å². The van der Waals surface area contributed by atoms with Gasteiger partial charge in [0.15, 0.2) is 0 Å². The van der Waals surface area contributed by atoms with E-state index in [9.17, 15) is 4.79 Å². The van der Waals surface area contributed by atoms with Crippen LogP contribution in [0.5, 0.6) is 5.75 Å². The Morgan fingerprint density at radius 3 is 2.56 bits per heavy atom. The van der Waals surface area contributed by atoms with E-state index in [1.54, 1.807) is 31.4 Å². The molecule has 1 aliphatic heterocycles. The van der Waals surface area contributed by atoms with Crippen molar-refractivity contribution in [2.24, 2.45) is 11.7 Å². The van der Waals surface area contributed by atoms with E-state index in [0.717, 1.165) is 18.8 Å². The molecule has 1 amide bonds. The Balaban J connectivity index is 1.99. The number of ether oxygens (including phenoxy) is 1. The summed E-state index contributed by atoms with van der Waals surface area (Å²) in [6, 6.07) is 7.18. The molecular weight excluding hydrogens is 204 g/mol. The van der Waals surface area contributed by atoms with Crippen LogP contribution in [0.25, 0.3) is 0 Å². The van der Waals surface area contributed by atoms with Crippen LogP contribution in [0.2, 0.25) is 0 Å². The fourth-order valence-corrected chi connectivity index (χ4v) is 1.80. The number of hydrogen-bond donors (Lipinski definition) is 1. The molecule has 0 atom stereocenters. The summed E-state index contributed by atoms with van der Waals surface area (Å²) in [6.07, 6.45) is 0. The third-order valence-electron chi connectivity index (χ3n) is 2.91. The molecule has 0 spiro atoms. The van der Waals surface area contributed by atoms with Crippen molar-refractivity contribution >= 4 is 5.91 Å². The molecule has 0 unspecified atom stereocenters. The molecule has 0 aliphatic carbocycles. The maximum Gasteiger partial charge on any atom is 0.253 e. The first-order chi connectivity index (χ1) is 7.74. The number of benzene rings is 1. The summed E-state index contributed by atoms with van der Waals surface area (Å²) in [6.45, 7) is 2.22. The van der Waals surface area contributed by atoms with E-state index in [-0.39, 0.29) is 5.91 Å². The van der Waals surface area contributed by atoms with Gasteiger partial charge in [-0.1, -0.05) is 0 Å². The lowest BCUT2D eigenvalue weighted by Gasteiger charge is -2.38. The summed E-state index contributed by atoms with van der Waals surface area (Å²) < 4.78 is 5.04. The van der Waals surface area contributed by atoms with E-state index in [4.69, 9.17) is 10.5 Å². The van der Waals surface area contributed by atoms with E-state index in [0.29, 0.717) is 18.0 Å². The highest BCUT2D eigenvalue weighted by Gasteiger charge is 2.29. The van der Waals surface area contributed by atoms with E-state index in [1.807, 2.05) is 4.90 Å². The molecular formula is C12H16N2O2. The van der Waals surface area contributed by atoms with Gasteiger partial charge in [-0.2, -0.15) is 0 Å². The topological polar surface area (TPSA) is 55.6 Å². The standard InChI is InChI=1S/C12H16N2O2/c1-16-11-4-2-10(3-5-11)12(15)14-7-9(6-13)8-14/h2-5,9H,6-8,13H2,1H3. The van der Waals surface area contributed by atoms with Gasteiger partial charge < -0.3 is 15.4 Å². The van der Waals surface area contributed by atoms with E-state index in [2.05, 4.69) is 0 Å². The smallest absolute Gasteiger partial charge is 0.253 e.